The van der Waals surface area contributed by atoms with Gasteiger partial charge in [-0.15, -0.1) is 0 Å². The molecule has 3 N–H and O–H groups in total. The molecule has 0 radical (unpaired) electrons. The average molecular weight is 411 g/mol. The molecular weight excluding hydrogens is 399 g/mol. The second-order valence-electron chi connectivity index (χ2n) is 4.87. The highest BCUT2D eigenvalue weighted by atomic mass is 35.5. The number of hydrogen-bond donors (Lipinski definition) is 3. The SMILES string of the molecule is O=C(C=Cc1ccc(Cl)cc1Cl)NC(=S)NNc1ccc([N+](=O)[O-])cc1. The lowest BCUT2D eigenvalue weighted by Gasteiger charge is -2.10. The Kier molecular flexibility index (Phi) is 6.90. The normalized spacial score (nSPS) is 10.4. The largest absolute Gasteiger partial charge is 0.299 e. The predicted octanol–water partition coefficient (Wildman–Crippen LogP) is 3.93. The van der Waals surface area contributed by atoms with Crippen LogP contribution in [0.1, 0.15) is 5.56 Å². The molecule has 0 saturated carbocycles. The standard InChI is InChI=1S/C16H12Cl2N4O3S/c17-11-3-1-10(14(18)9-11)2-8-15(23)19-16(26)21-20-12-4-6-13(7-5-12)22(24)25/h1-9,20H,(H2,19,21,23,26). The first kappa shape index (κ1) is 19.6. The van der Waals surface area contributed by atoms with Gasteiger partial charge in [0.15, 0.2) is 5.11 Å². The second-order valence-corrected chi connectivity index (χ2v) is 6.12. The van der Waals surface area contributed by atoms with Crippen LogP contribution in [0.2, 0.25) is 10.0 Å². The molecule has 2 rings (SSSR count). The molecule has 0 aliphatic rings. The fraction of sp³-hybridized carbons (Fsp3) is 0. The number of thiocarbonyl (C=S) groups is 1. The minimum absolute atomic E-state index is 0.0280. The van der Waals surface area contributed by atoms with Crippen LogP contribution in [0.3, 0.4) is 0 Å². The van der Waals surface area contributed by atoms with Crippen molar-refractivity contribution < 1.29 is 9.72 Å². The molecule has 0 aliphatic carbocycles. The molecule has 2 aromatic carbocycles. The molecule has 0 fully saturated rings. The first-order valence-electron chi connectivity index (χ1n) is 7.10. The molecule has 0 saturated heterocycles. The number of nitro groups is 1. The maximum atomic E-state index is 11.8. The summed E-state index contributed by atoms with van der Waals surface area (Å²) in [6.07, 6.45) is 2.80. The number of anilines is 1. The second kappa shape index (κ2) is 9.14. The molecule has 0 aromatic heterocycles. The van der Waals surface area contributed by atoms with Crippen LogP contribution in [0, 0.1) is 10.1 Å². The van der Waals surface area contributed by atoms with Crippen molar-refractivity contribution in [2.24, 2.45) is 0 Å². The number of benzene rings is 2. The van der Waals surface area contributed by atoms with E-state index in [2.05, 4.69) is 16.2 Å². The van der Waals surface area contributed by atoms with Gasteiger partial charge in [0.1, 0.15) is 0 Å². The fourth-order valence-electron chi connectivity index (χ4n) is 1.78. The summed E-state index contributed by atoms with van der Waals surface area (Å²) in [5.74, 6) is -0.459. The van der Waals surface area contributed by atoms with Crippen molar-refractivity contribution >= 4 is 63.9 Å². The van der Waals surface area contributed by atoms with Crippen molar-refractivity contribution in [2.75, 3.05) is 5.43 Å². The minimum Gasteiger partial charge on any atom is -0.299 e. The highest BCUT2D eigenvalue weighted by molar-refractivity contribution is 7.80. The van der Waals surface area contributed by atoms with Gasteiger partial charge in [-0.25, -0.2) is 0 Å². The number of halogens is 2. The van der Waals surface area contributed by atoms with Crippen LogP contribution in [0.5, 0.6) is 0 Å². The van der Waals surface area contributed by atoms with Gasteiger partial charge in [-0.1, -0.05) is 29.3 Å². The average Bonchev–Trinajstić information content (AvgIpc) is 2.59. The van der Waals surface area contributed by atoms with Gasteiger partial charge in [-0.3, -0.25) is 31.1 Å². The van der Waals surface area contributed by atoms with Crippen LogP contribution >= 0.6 is 35.4 Å². The maximum Gasteiger partial charge on any atom is 0.269 e. The summed E-state index contributed by atoms with van der Waals surface area (Å²) >= 11 is 16.8. The van der Waals surface area contributed by atoms with E-state index in [0.717, 1.165) is 0 Å². The van der Waals surface area contributed by atoms with E-state index in [4.69, 9.17) is 35.4 Å². The van der Waals surface area contributed by atoms with Crippen molar-refractivity contribution in [1.29, 1.82) is 0 Å². The Balaban J connectivity index is 1.84. The maximum absolute atomic E-state index is 11.8. The third-order valence-corrected chi connectivity index (χ3v) is 3.78. The first-order valence-corrected chi connectivity index (χ1v) is 8.26. The fourth-order valence-corrected chi connectivity index (χ4v) is 2.41. The van der Waals surface area contributed by atoms with Gasteiger partial charge in [0.25, 0.3) is 5.69 Å². The minimum atomic E-state index is -0.499. The van der Waals surface area contributed by atoms with Gasteiger partial charge in [-0.2, -0.15) is 0 Å². The number of non-ortho nitro benzene ring substituents is 1. The van der Waals surface area contributed by atoms with Gasteiger partial charge in [0.2, 0.25) is 5.91 Å². The van der Waals surface area contributed by atoms with Crippen molar-refractivity contribution in [1.82, 2.24) is 10.7 Å². The van der Waals surface area contributed by atoms with Crippen LogP contribution in [-0.2, 0) is 4.79 Å². The summed E-state index contributed by atoms with van der Waals surface area (Å²) < 4.78 is 0. The van der Waals surface area contributed by atoms with Gasteiger partial charge in [0.05, 0.1) is 10.6 Å². The van der Waals surface area contributed by atoms with E-state index in [0.29, 0.717) is 21.3 Å². The van der Waals surface area contributed by atoms with Crippen molar-refractivity contribution in [3.63, 3.8) is 0 Å². The molecule has 2 aromatic rings. The van der Waals surface area contributed by atoms with Crippen LogP contribution in [0.4, 0.5) is 11.4 Å². The lowest BCUT2D eigenvalue weighted by Crippen LogP contribution is -2.41. The molecule has 134 valence electrons. The number of carbonyl (C=O) groups excluding carboxylic acids is 1. The third kappa shape index (κ3) is 5.99. The van der Waals surface area contributed by atoms with Crippen LogP contribution in [-0.4, -0.2) is 15.9 Å². The summed E-state index contributed by atoms with van der Waals surface area (Å²) in [5.41, 5.74) is 6.46. The molecule has 0 aliphatic heterocycles. The highest BCUT2D eigenvalue weighted by Gasteiger charge is 2.05. The number of hydrazine groups is 1. The van der Waals surface area contributed by atoms with Crippen LogP contribution in [0.15, 0.2) is 48.5 Å². The van der Waals surface area contributed by atoms with Crippen molar-refractivity contribution in [3.8, 4) is 0 Å². The zero-order valence-electron chi connectivity index (χ0n) is 13.0. The smallest absolute Gasteiger partial charge is 0.269 e. The predicted molar refractivity (Wildman–Crippen MR) is 106 cm³/mol. The summed E-state index contributed by atoms with van der Waals surface area (Å²) in [5, 5.41) is 14.0. The summed E-state index contributed by atoms with van der Waals surface area (Å²) in [6, 6.07) is 10.6. The molecule has 0 heterocycles. The van der Waals surface area contributed by atoms with Gasteiger partial charge in [-0.05, 0) is 48.1 Å². The molecule has 10 heteroatoms. The number of nitrogens with zero attached hydrogens (tertiary/aromatic N) is 1. The topological polar surface area (TPSA) is 96.3 Å². The zero-order chi connectivity index (χ0) is 19.1. The lowest BCUT2D eigenvalue weighted by molar-refractivity contribution is -0.384. The quantitative estimate of drug-likeness (QED) is 0.299. The molecule has 0 spiro atoms. The Hall–Kier alpha value is -2.68. The van der Waals surface area contributed by atoms with E-state index in [1.807, 2.05) is 0 Å². The zero-order valence-corrected chi connectivity index (χ0v) is 15.4. The Morgan fingerprint density at radius 1 is 1.15 bits per heavy atom. The molecule has 0 bridgehead atoms. The number of carbonyl (C=O) groups is 1. The molecule has 0 atom stereocenters. The number of amides is 1. The summed E-state index contributed by atoms with van der Waals surface area (Å²) in [6.45, 7) is 0. The van der Waals surface area contributed by atoms with E-state index in [9.17, 15) is 14.9 Å². The first-order chi connectivity index (χ1) is 12.3. The van der Waals surface area contributed by atoms with Gasteiger partial charge in [0, 0.05) is 28.3 Å². The van der Waals surface area contributed by atoms with Gasteiger partial charge >= 0.3 is 0 Å². The molecule has 26 heavy (non-hydrogen) atoms. The Bertz CT molecular complexity index is 872. The number of nitro benzene ring substituents is 1. The van der Waals surface area contributed by atoms with Crippen molar-refractivity contribution in [3.05, 3.63) is 74.3 Å². The van der Waals surface area contributed by atoms with E-state index < -0.39 is 10.8 Å². The monoisotopic (exact) mass is 410 g/mol. The van der Waals surface area contributed by atoms with Gasteiger partial charge < -0.3 is 0 Å². The lowest BCUT2D eigenvalue weighted by atomic mass is 10.2. The molecule has 1 amide bonds. The number of rotatable bonds is 5. The number of nitrogens with one attached hydrogen (secondary N) is 3. The van der Waals surface area contributed by atoms with Crippen LogP contribution in [0.25, 0.3) is 6.08 Å². The Labute approximate surface area is 164 Å². The molecular formula is C16H12Cl2N4O3S. The molecule has 0 unspecified atom stereocenters. The number of hydrogen-bond acceptors (Lipinski definition) is 5. The summed E-state index contributed by atoms with van der Waals surface area (Å²) in [7, 11) is 0. The van der Waals surface area contributed by atoms with Crippen LogP contribution < -0.4 is 16.2 Å². The van der Waals surface area contributed by atoms with E-state index in [1.165, 1.54) is 36.4 Å². The van der Waals surface area contributed by atoms with E-state index in [-0.39, 0.29) is 10.8 Å². The Morgan fingerprint density at radius 2 is 1.85 bits per heavy atom. The third-order valence-electron chi connectivity index (χ3n) is 3.01. The summed E-state index contributed by atoms with van der Waals surface area (Å²) in [4.78, 5) is 21.9. The Morgan fingerprint density at radius 3 is 2.46 bits per heavy atom. The highest BCUT2D eigenvalue weighted by Crippen LogP contribution is 2.21. The van der Waals surface area contributed by atoms with E-state index in [1.54, 1.807) is 18.2 Å². The van der Waals surface area contributed by atoms with E-state index >= 15 is 0 Å². The molecule has 7 nitrogen and oxygen atoms in total. The van der Waals surface area contributed by atoms with Crippen molar-refractivity contribution in [2.45, 2.75) is 0 Å².